The highest BCUT2D eigenvalue weighted by molar-refractivity contribution is 7.11. The number of hydrogen-bond donors (Lipinski definition) is 2. The SMILES string of the molecule is CCc1ncc(CNC(CO)C(C)CC)s1. The Morgan fingerprint density at radius 2 is 2.25 bits per heavy atom. The van der Waals surface area contributed by atoms with Crippen molar-refractivity contribution in [2.45, 2.75) is 46.2 Å². The molecule has 0 saturated carbocycles. The molecule has 3 nitrogen and oxygen atoms in total. The summed E-state index contributed by atoms with van der Waals surface area (Å²) in [5, 5.41) is 13.9. The second kappa shape index (κ2) is 6.99. The second-order valence-corrected chi connectivity index (χ2v) is 5.33. The lowest BCUT2D eigenvalue weighted by molar-refractivity contribution is 0.201. The Hall–Kier alpha value is -0.450. The van der Waals surface area contributed by atoms with Crippen molar-refractivity contribution in [1.29, 1.82) is 0 Å². The zero-order valence-corrected chi connectivity index (χ0v) is 11.2. The first kappa shape index (κ1) is 13.6. The Kier molecular flexibility index (Phi) is 5.95. The molecule has 0 aliphatic carbocycles. The molecule has 1 aromatic heterocycles. The molecule has 0 amide bonds. The molecule has 2 atom stereocenters. The molecule has 0 fully saturated rings. The van der Waals surface area contributed by atoms with Crippen molar-refractivity contribution in [2.75, 3.05) is 6.61 Å². The molecule has 0 bridgehead atoms. The summed E-state index contributed by atoms with van der Waals surface area (Å²) >= 11 is 1.75. The van der Waals surface area contributed by atoms with Crippen LogP contribution in [0.25, 0.3) is 0 Å². The summed E-state index contributed by atoms with van der Waals surface area (Å²) < 4.78 is 0. The Morgan fingerprint density at radius 3 is 2.75 bits per heavy atom. The molecule has 92 valence electrons. The Morgan fingerprint density at radius 1 is 1.50 bits per heavy atom. The van der Waals surface area contributed by atoms with Crippen LogP contribution in [0.2, 0.25) is 0 Å². The van der Waals surface area contributed by atoms with Crippen LogP contribution in [0.15, 0.2) is 6.20 Å². The molecule has 0 saturated heterocycles. The third-order valence-electron chi connectivity index (χ3n) is 2.97. The molecule has 0 aliphatic rings. The first-order chi connectivity index (χ1) is 7.71. The van der Waals surface area contributed by atoms with Crippen LogP contribution in [0.5, 0.6) is 0 Å². The molecular weight excluding hydrogens is 220 g/mol. The van der Waals surface area contributed by atoms with Crippen molar-refractivity contribution < 1.29 is 5.11 Å². The van der Waals surface area contributed by atoms with Crippen LogP contribution in [-0.4, -0.2) is 22.7 Å². The van der Waals surface area contributed by atoms with Crippen LogP contribution in [0.4, 0.5) is 0 Å². The summed E-state index contributed by atoms with van der Waals surface area (Å²) in [6.45, 7) is 7.45. The van der Waals surface area contributed by atoms with E-state index in [1.54, 1.807) is 11.3 Å². The van der Waals surface area contributed by atoms with Gasteiger partial charge in [-0.2, -0.15) is 0 Å². The minimum absolute atomic E-state index is 0.192. The molecule has 16 heavy (non-hydrogen) atoms. The van der Waals surface area contributed by atoms with E-state index >= 15 is 0 Å². The third kappa shape index (κ3) is 3.85. The van der Waals surface area contributed by atoms with Gasteiger partial charge in [0, 0.05) is 23.7 Å². The minimum Gasteiger partial charge on any atom is -0.395 e. The minimum atomic E-state index is 0.192. The van der Waals surface area contributed by atoms with Crippen LogP contribution in [0.3, 0.4) is 0 Å². The normalized spacial score (nSPS) is 15.0. The summed E-state index contributed by atoms with van der Waals surface area (Å²) in [6.07, 6.45) is 4.02. The van der Waals surface area contributed by atoms with Crippen molar-refractivity contribution in [3.05, 3.63) is 16.1 Å². The van der Waals surface area contributed by atoms with Crippen LogP contribution >= 0.6 is 11.3 Å². The average Bonchev–Trinajstić information content (AvgIpc) is 2.77. The van der Waals surface area contributed by atoms with Gasteiger partial charge in [0.15, 0.2) is 0 Å². The molecular formula is C12H22N2OS. The number of rotatable bonds is 7. The lowest BCUT2D eigenvalue weighted by Gasteiger charge is -2.21. The molecule has 0 aliphatic heterocycles. The standard InChI is InChI=1S/C12H22N2OS/c1-4-9(3)11(8-15)13-6-10-7-14-12(5-2)16-10/h7,9,11,13,15H,4-6,8H2,1-3H3. The lowest BCUT2D eigenvalue weighted by atomic mass is 10.00. The van der Waals surface area contributed by atoms with Gasteiger partial charge >= 0.3 is 0 Å². The van der Waals surface area contributed by atoms with Crippen LogP contribution < -0.4 is 5.32 Å². The summed E-state index contributed by atoms with van der Waals surface area (Å²) in [5.74, 6) is 0.503. The van der Waals surface area contributed by atoms with E-state index in [9.17, 15) is 5.11 Å². The smallest absolute Gasteiger partial charge is 0.0925 e. The molecule has 2 unspecified atom stereocenters. The van der Waals surface area contributed by atoms with E-state index in [-0.39, 0.29) is 12.6 Å². The summed E-state index contributed by atoms with van der Waals surface area (Å²) in [5.41, 5.74) is 0. The quantitative estimate of drug-likeness (QED) is 0.770. The first-order valence-electron chi connectivity index (χ1n) is 5.99. The summed E-state index contributed by atoms with van der Waals surface area (Å²) in [7, 11) is 0. The van der Waals surface area contributed by atoms with Crippen molar-refractivity contribution in [2.24, 2.45) is 5.92 Å². The van der Waals surface area contributed by atoms with E-state index in [0.29, 0.717) is 5.92 Å². The van der Waals surface area contributed by atoms with Gasteiger partial charge in [-0.1, -0.05) is 27.2 Å². The zero-order valence-electron chi connectivity index (χ0n) is 10.4. The summed E-state index contributed by atoms with van der Waals surface area (Å²) in [6, 6.07) is 0.192. The number of aryl methyl sites for hydroxylation is 1. The molecule has 0 aromatic carbocycles. The number of hydrogen-bond acceptors (Lipinski definition) is 4. The Bertz CT molecular complexity index is 301. The zero-order chi connectivity index (χ0) is 12.0. The highest BCUT2D eigenvalue weighted by atomic mass is 32.1. The number of aliphatic hydroxyl groups is 1. The lowest BCUT2D eigenvalue weighted by Crippen LogP contribution is -2.37. The maximum Gasteiger partial charge on any atom is 0.0925 e. The van der Waals surface area contributed by atoms with E-state index in [0.717, 1.165) is 19.4 Å². The van der Waals surface area contributed by atoms with Gasteiger partial charge in [0.2, 0.25) is 0 Å². The van der Waals surface area contributed by atoms with Crippen molar-refractivity contribution in [3.8, 4) is 0 Å². The third-order valence-corrected chi connectivity index (χ3v) is 4.11. The molecule has 0 radical (unpaired) electrons. The highest BCUT2D eigenvalue weighted by Crippen LogP contribution is 2.14. The topological polar surface area (TPSA) is 45.2 Å². The van der Waals surface area contributed by atoms with Gasteiger partial charge in [-0.3, -0.25) is 0 Å². The van der Waals surface area contributed by atoms with E-state index < -0.39 is 0 Å². The number of nitrogens with one attached hydrogen (secondary N) is 1. The first-order valence-corrected chi connectivity index (χ1v) is 6.80. The Balaban J connectivity index is 2.42. The maximum atomic E-state index is 9.28. The number of thiazole rings is 1. The molecule has 1 rings (SSSR count). The van der Waals surface area contributed by atoms with Crippen LogP contribution in [-0.2, 0) is 13.0 Å². The average molecular weight is 242 g/mol. The maximum absolute atomic E-state index is 9.28. The van der Waals surface area contributed by atoms with Gasteiger partial charge in [-0.05, 0) is 12.3 Å². The molecule has 1 heterocycles. The fourth-order valence-electron chi connectivity index (χ4n) is 1.56. The molecule has 1 aromatic rings. The van der Waals surface area contributed by atoms with Gasteiger partial charge in [-0.15, -0.1) is 11.3 Å². The fraction of sp³-hybridized carbons (Fsp3) is 0.750. The van der Waals surface area contributed by atoms with Gasteiger partial charge < -0.3 is 10.4 Å². The number of aliphatic hydroxyl groups excluding tert-OH is 1. The Labute approximate surface area is 102 Å². The van der Waals surface area contributed by atoms with E-state index in [4.69, 9.17) is 0 Å². The van der Waals surface area contributed by atoms with Crippen molar-refractivity contribution in [1.82, 2.24) is 10.3 Å². The predicted octanol–water partition coefficient (Wildman–Crippen LogP) is 2.20. The van der Waals surface area contributed by atoms with Gasteiger partial charge in [0.05, 0.1) is 11.6 Å². The number of aromatic nitrogens is 1. The van der Waals surface area contributed by atoms with E-state index in [2.05, 4.69) is 31.1 Å². The van der Waals surface area contributed by atoms with Crippen molar-refractivity contribution >= 4 is 11.3 Å². The van der Waals surface area contributed by atoms with E-state index in [1.165, 1.54) is 9.88 Å². The van der Waals surface area contributed by atoms with Crippen molar-refractivity contribution in [3.63, 3.8) is 0 Å². The van der Waals surface area contributed by atoms with Gasteiger partial charge in [0.25, 0.3) is 0 Å². The molecule has 0 spiro atoms. The number of nitrogens with zero attached hydrogens (tertiary/aromatic N) is 1. The molecule has 2 N–H and O–H groups in total. The summed E-state index contributed by atoms with van der Waals surface area (Å²) in [4.78, 5) is 5.57. The van der Waals surface area contributed by atoms with E-state index in [1.807, 2.05) is 6.20 Å². The highest BCUT2D eigenvalue weighted by Gasteiger charge is 2.14. The van der Waals surface area contributed by atoms with Crippen LogP contribution in [0.1, 0.15) is 37.1 Å². The fourth-order valence-corrected chi connectivity index (χ4v) is 2.37. The monoisotopic (exact) mass is 242 g/mol. The largest absolute Gasteiger partial charge is 0.395 e. The predicted molar refractivity (Wildman–Crippen MR) is 68.7 cm³/mol. The van der Waals surface area contributed by atoms with Crippen LogP contribution in [0, 0.1) is 5.92 Å². The molecule has 4 heteroatoms. The van der Waals surface area contributed by atoms with Gasteiger partial charge in [-0.25, -0.2) is 4.98 Å². The van der Waals surface area contributed by atoms with Gasteiger partial charge in [0.1, 0.15) is 0 Å². The second-order valence-electron chi connectivity index (χ2n) is 4.13.